The molecule has 0 bridgehead atoms. The van der Waals surface area contributed by atoms with Crippen LogP contribution in [0.2, 0.25) is 0 Å². The topological polar surface area (TPSA) is 61.4 Å². The summed E-state index contributed by atoms with van der Waals surface area (Å²) >= 11 is 1.46. The van der Waals surface area contributed by atoms with Gasteiger partial charge in [-0.05, 0) is 20.0 Å². The molecule has 2 rings (SSSR count). The molecule has 1 aliphatic heterocycles. The number of halogens is 2. The Hall–Kier alpha value is -0.630. The lowest BCUT2D eigenvalue weighted by molar-refractivity contribution is -0.131. The average Bonchev–Trinajstić information content (AvgIpc) is 2.96. The Morgan fingerprint density at radius 3 is 2.50 bits per heavy atom. The molecule has 128 valence electrons. The Morgan fingerprint density at radius 2 is 1.95 bits per heavy atom. The molecule has 1 aromatic heterocycles. The second-order valence-corrected chi connectivity index (χ2v) is 5.65. The van der Waals surface area contributed by atoms with Gasteiger partial charge in [0, 0.05) is 50.6 Å². The molecule has 1 fully saturated rings. The van der Waals surface area contributed by atoms with E-state index in [1.54, 1.807) is 0 Å². The molecule has 0 saturated carbocycles. The van der Waals surface area contributed by atoms with Crippen LogP contribution in [0.4, 0.5) is 5.13 Å². The largest absolute Gasteiger partial charge is 0.343 e. The van der Waals surface area contributed by atoms with Crippen molar-refractivity contribution in [2.24, 2.45) is 0 Å². The van der Waals surface area contributed by atoms with Gasteiger partial charge in [0.15, 0.2) is 0 Å². The quantitative estimate of drug-likeness (QED) is 0.771. The number of anilines is 1. The summed E-state index contributed by atoms with van der Waals surface area (Å²) in [5, 5.41) is 4.06. The van der Waals surface area contributed by atoms with Gasteiger partial charge in [0.1, 0.15) is 5.82 Å². The highest BCUT2D eigenvalue weighted by molar-refractivity contribution is 7.09. The predicted molar refractivity (Wildman–Crippen MR) is 95.7 cm³/mol. The molecule has 1 saturated heterocycles. The minimum Gasteiger partial charge on any atom is -0.343 e. The van der Waals surface area contributed by atoms with Crippen molar-refractivity contribution in [3.8, 4) is 0 Å². The molecule has 6 nitrogen and oxygen atoms in total. The van der Waals surface area contributed by atoms with Gasteiger partial charge in [0.2, 0.25) is 11.0 Å². The molecule has 0 spiro atoms. The first-order chi connectivity index (χ1) is 9.74. The summed E-state index contributed by atoms with van der Waals surface area (Å²) < 4.78 is 4.32. The van der Waals surface area contributed by atoms with Crippen LogP contribution in [0, 0.1) is 0 Å². The molecule has 0 unspecified atom stereocenters. The van der Waals surface area contributed by atoms with E-state index in [2.05, 4.69) is 26.5 Å². The molecule has 1 amide bonds. The molecule has 0 aromatic carbocycles. The van der Waals surface area contributed by atoms with Crippen LogP contribution >= 0.6 is 36.3 Å². The van der Waals surface area contributed by atoms with Crippen molar-refractivity contribution in [3.05, 3.63) is 5.82 Å². The Bertz CT molecular complexity index is 438. The van der Waals surface area contributed by atoms with Gasteiger partial charge >= 0.3 is 0 Å². The van der Waals surface area contributed by atoms with Crippen LogP contribution in [0.25, 0.3) is 0 Å². The van der Waals surface area contributed by atoms with Gasteiger partial charge in [-0.2, -0.15) is 4.37 Å². The van der Waals surface area contributed by atoms with E-state index in [1.807, 2.05) is 11.9 Å². The molecular formula is C13H25Cl2N5OS. The molecular weight excluding hydrogens is 345 g/mol. The van der Waals surface area contributed by atoms with Crippen molar-refractivity contribution in [1.82, 2.24) is 19.6 Å². The number of nitrogens with zero attached hydrogens (tertiary/aromatic N) is 4. The summed E-state index contributed by atoms with van der Waals surface area (Å²) in [5.74, 6) is 1.18. The number of carbonyl (C=O) groups is 1. The van der Waals surface area contributed by atoms with Crippen molar-refractivity contribution >= 4 is 47.4 Å². The van der Waals surface area contributed by atoms with Gasteiger partial charge in [-0.15, -0.1) is 24.8 Å². The number of amides is 1. The minimum atomic E-state index is 0. The number of rotatable bonds is 6. The first kappa shape index (κ1) is 21.4. The van der Waals surface area contributed by atoms with Crippen LogP contribution in [0.5, 0.6) is 0 Å². The summed E-state index contributed by atoms with van der Waals surface area (Å²) in [6.45, 7) is 6.26. The molecule has 9 heteroatoms. The molecule has 1 N–H and O–H groups in total. The number of aryl methyl sites for hydroxylation is 1. The van der Waals surface area contributed by atoms with Crippen LogP contribution in [-0.2, 0) is 11.2 Å². The Morgan fingerprint density at radius 1 is 1.27 bits per heavy atom. The Balaban J connectivity index is 0.00000220. The lowest BCUT2D eigenvalue weighted by Gasteiger charge is -2.34. The van der Waals surface area contributed by atoms with E-state index < -0.39 is 0 Å². The van der Waals surface area contributed by atoms with Gasteiger partial charge in [-0.1, -0.05) is 6.92 Å². The van der Waals surface area contributed by atoms with E-state index in [1.165, 1.54) is 11.5 Å². The summed E-state index contributed by atoms with van der Waals surface area (Å²) in [7, 11) is 1.91. The fraction of sp³-hybridized carbons (Fsp3) is 0.769. The maximum atomic E-state index is 12.0. The molecule has 1 aliphatic rings. The third kappa shape index (κ3) is 5.87. The minimum absolute atomic E-state index is 0. The van der Waals surface area contributed by atoms with Crippen LogP contribution in [0.15, 0.2) is 0 Å². The normalized spacial score (nSPS) is 14.3. The number of hydrogen-bond donors (Lipinski definition) is 1. The smallest absolute Gasteiger partial charge is 0.222 e. The van der Waals surface area contributed by atoms with Crippen molar-refractivity contribution in [1.29, 1.82) is 0 Å². The van der Waals surface area contributed by atoms with Crippen molar-refractivity contribution in [2.75, 3.05) is 44.7 Å². The van der Waals surface area contributed by atoms with Crippen LogP contribution in [0.1, 0.15) is 25.6 Å². The maximum absolute atomic E-state index is 12.0. The van der Waals surface area contributed by atoms with Gasteiger partial charge < -0.3 is 15.1 Å². The van der Waals surface area contributed by atoms with E-state index in [4.69, 9.17) is 0 Å². The van der Waals surface area contributed by atoms with E-state index in [0.29, 0.717) is 6.42 Å². The van der Waals surface area contributed by atoms with Gasteiger partial charge in [-0.3, -0.25) is 4.79 Å². The lowest BCUT2D eigenvalue weighted by atomic mass is 10.2. The zero-order valence-corrected chi connectivity index (χ0v) is 15.5. The highest BCUT2D eigenvalue weighted by Crippen LogP contribution is 2.19. The van der Waals surface area contributed by atoms with Crippen molar-refractivity contribution in [2.45, 2.75) is 26.2 Å². The SMILES string of the molecule is CCc1nsc(N2CCN(C(=O)CCCNC)CC2)n1.Cl.Cl. The fourth-order valence-corrected chi connectivity index (χ4v) is 3.04. The molecule has 0 radical (unpaired) electrons. The molecule has 22 heavy (non-hydrogen) atoms. The van der Waals surface area contributed by atoms with E-state index in [0.717, 1.165) is 56.5 Å². The molecule has 0 atom stereocenters. The number of aromatic nitrogens is 2. The summed E-state index contributed by atoms with van der Waals surface area (Å²) in [5.41, 5.74) is 0. The second-order valence-electron chi connectivity index (χ2n) is 4.92. The van der Waals surface area contributed by atoms with E-state index in [-0.39, 0.29) is 30.7 Å². The number of piperazine rings is 1. The van der Waals surface area contributed by atoms with Gasteiger partial charge in [0.05, 0.1) is 0 Å². The fourth-order valence-electron chi connectivity index (χ4n) is 2.24. The maximum Gasteiger partial charge on any atom is 0.222 e. The van der Waals surface area contributed by atoms with E-state index in [9.17, 15) is 4.79 Å². The Labute approximate surface area is 148 Å². The third-order valence-corrected chi connectivity index (χ3v) is 4.31. The first-order valence-corrected chi connectivity index (χ1v) is 8.01. The van der Waals surface area contributed by atoms with Crippen molar-refractivity contribution in [3.63, 3.8) is 0 Å². The molecule has 2 heterocycles. The predicted octanol–water partition coefficient (Wildman–Crippen LogP) is 1.59. The molecule has 1 aromatic rings. The highest BCUT2D eigenvalue weighted by Gasteiger charge is 2.22. The van der Waals surface area contributed by atoms with Gasteiger partial charge in [-0.25, -0.2) is 4.98 Å². The summed E-state index contributed by atoms with van der Waals surface area (Å²) in [6, 6.07) is 0. The Kier molecular flexibility index (Phi) is 10.7. The standard InChI is InChI=1S/C13H23N5OS.2ClH/c1-3-11-15-13(20-16-11)18-9-7-17(8-10-18)12(19)5-4-6-14-2;;/h14H,3-10H2,1-2H3;2*1H. The monoisotopic (exact) mass is 369 g/mol. The third-order valence-electron chi connectivity index (χ3n) is 3.49. The zero-order valence-electron chi connectivity index (χ0n) is 13.1. The second kappa shape index (κ2) is 11.0. The molecule has 0 aliphatic carbocycles. The lowest BCUT2D eigenvalue weighted by Crippen LogP contribution is -2.48. The highest BCUT2D eigenvalue weighted by atomic mass is 35.5. The van der Waals surface area contributed by atoms with Crippen molar-refractivity contribution < 1.29 is 4.79 Å². The zero-order chi connectivity index (χ0) is 14.4. The first-order valence-electron chi connectivity index (χ1n) is 7.24. The van der Waals surface area contributed by atoms with Crippen LogP contribution in [0.3, 0.4) is 0 Å². The van der Waals surface area contributed by atoms with Crippen LogP contribution < -0.4 is 10.2 Å². The van der Waals surface area contributed by atoms with E-state index >= 15 is 0 Å². The number of hydrogen-bond acceptors (Lipinski definition) is 6. The summed E-state index contributed by atoms with van der Waals surface area (Å²) in [4.78, 5) is 20.7. The number of carbonyl (C=O) groups excluding carboxylic acids is 1. The van der Waals surface area contributed by atoms with Crippen LogP contribution in [-0.4, -0.2) is 59.9 Å². The summed E-state index contributed by atoms with van der Waals surface area (Å²) in [6.07, 6.45) is 2.42. The van der Waals surface area contributed by atoms with Gasteiger partial charge in [0.25, 0.3) is 0 Å². The average molecular weight is 370 g/mol. The number of nitrogens with one attached hydrogen (secondary N) is 1.